The van der Waals surface area contributed by atoms with Crippen LogP contribution in [0, 0.1) is 17.5 Å². The van der Waals surface area contributed by atoms with E-state index in [1.165, 1.54) is 0 Å². The molecule has 2 aliphatic rings. The average molecular weight is 449 g/mol. The van der Waals surface area contributed by atoms with Crippen molar-refractivity contribution in [3.05, 3.63) is 100 Å². The molecule has 0 amide bonds. The third-order valence-corrected chi connectivity index (χ3v) is 7.03. The Morgan fingerprint density at radius 3 is 2.03 bits per heavy atom. The van der Waals surface area contributed by atoms with Crippen molar-refractivity contribution in [1.29, 1.82) is 0 Å². The van der Waals surface area contributed by atoms with Crippen molar-refractivity contribution in [2.45, 2.75) is 50.5 Å². The molecule has 5 rings (SSSR count). The summed E-state index contributed by atoms with van der Waals surface area (Å²) in [6.07, 6.45) is 6.88. The fraction of sp³-hybridized carbons (Fsp3) is 0.310. The standard InChI is InChI=1S/C29H27F3O/c1-2-3-18-4-6-20(7-5-18)24-14-15-25(29(32)28(24)31)21-10-8-19(9-11-21)23-13-12-22(16-26(23)30)27-17-33-27/h2-7,12-16,19,21,27H,8-11,17H2,1H3/b3-2+. The summed E-state index contributed by atoms with van der Waals surface area (Å²) in [7, 11) is 0. The molecule has 1 aliphatic heterocycles. The molecule has 1 saturated heterocycles. The van der Waals surface area contributed by atoms with Crippen LogP contribution in [-0.4, -0.2) is 6.61 Å². The summed E-state index contributed by atoms with van der Waals surface area (Å²) in [5.74, 6) is -1.68. The second-order valence-corrected chi connectivity index (χ2v) is 9.10. The van der Waals surface area contributed by atoms with E-state index in [4.69, 9.17) is 4.74 Å². The second-order valence-electron chi connectivity index (χ2n) is 9.10. The van der Waals surface area contributed by atoms with Gasteiger partial charge >= 0.3 is 0 Å². The summed E-state index contributed by atoms with van der Waals surface area (Å²) in [6.45, 7) is 2.60. The molecule has 3 aromatic carbocycles. The molecule has 0 aromatic heterocycles. The van der Waals surface area contributed by atoms with Gasteiger partial charge in [-0.15, -0.1) is 0 Å². The van der Waals surface area contributed by atoms with Crippen molar-refractivity contribution < 1.29 is 17.9 Å². The van der Waals surface area contributed by atoms with E-state index >= 15 is 8.78 Å². The molecule has 1 saturated carbocycles. The van der Waals surface area contributed by atoms with Gasteiger partial charge in [-0.2, -0.15) is 0 Å². The van der Waals surface area contributed by atoms with Crippen LogP contribution in [0.15, 0.2) is 60.7 Å². The van der Waals surface area contributed by atoms with Gasteiger partial charge in [-0.3, -0.25) is 0 Å². The first-order chi connectivity index (χ1) is 16.0. The molecule has 1 heterocycles. The smallest absolute Gasteiger partial charge is 0.166 e. The highest BCUT2D eigenvalue weighted by Crippen LogP contribution is 2.43. The third kappa shape index (κ3) is 4.49. The molecule has 4 heteroatoms. The van der Waals surface area contributed by atoms with Crippen LogP contribution in [0.1, 0.15) is 72.8 Å². The van der Waals surface area contributed by atoms with Gasteiger partial charge in [0.25, 0.3) is 0 Å². The maximum atomic E-state index is 15.1. The van der Waals surface area contributed by atoms with Gasteiger partial charge in [-0.25, -0.2) is 13.2 Å². The van der Waals surface area contributed by atoms with Crippen LogP contribution >= 0.6 is 0 Å². The van der Waals surface area contributed by atoms with Crippen molar-refractivity contribution in [2.75, 3.05) is 6.61 Å². The Labute approximate surface area is 192 Å². The summed E-state index contributed by atoms with van der Waals surface area (Å²) < 4.78 is 50.0. The molecule has 33 heavy (non-hydrogen) atoms. The van der Waals surface area contributed by atoms with Crippen molar-refractivity contribution >= 4 is 6.08 Å². The fourth-order valence-corrected chi connectivity index (χ4v) is 5.10. The lowest BCUT2D eigenvalue weighted by molar-refractivity contribution is 0.374. The van der Waals surface area contributed by atoms with Crippen LogP contribution in [0.3, 0.4) is 0 Å². The van der Waals surface area contributed by atoms with Crippen LogP contribution in [-0.2, 0) is 4.74 Å². The molecular formula is C29H27F3O. The summed E-state index contributed by atoms with van der Waals surface area (Å²) in [4.78, 5) is 0. The molecule has 1 nitrogen and oxygen atoms in total. The zero-order valence-corrected chi connectivity index (χ0v) is 18.7. The van der Waals surface area contributed by atoms with E-state index in [2.05, 4.69) is 0 Å². The van der Waals surface area contributed by atoms with Crippen LogP contribution in [0.2, 0.25) is 0 Å². The van der Waals surface area contributed by atoms with Crippen molar-refractivity contribution in [2.24, 2.45) is 0 Å². The van der Waals surface area contributed by atoms with E-state index in [0.29, 0.717) is 30.6 Å². The Balaban J connectivity index is 1.30. The van der Waals surface area contributed by atoms with Gasteiger partial charge in [-0.1, -0.05) is 60.7 Å². The lowest BCUT2D eigenvalue weighted by atomic mass is 9.75. The number of epoxide rings is 1. The molecule has 0 N–H and O–H groups in total. The topological polar surface area (TPSA) is 12.5 Å². The van der Waals surface area contributed by atoms with Crippen molar-refractivity contribution in [1.82, 2.24) is 0 Å². The molecule has 0 bridgehead atoms. The van der Waals surface area contributed by atoms with E-state index < -0.39 is 11.6 Å². The molecule has 1 aliphatic carbocycles. The van der Waals surface area contributed by atoms with Crippen LogP contribution < -0.4 is 0 Å². The largest absolute Gasteiger partial charge is 0.368 e. The maximum absolute atomic E-state index is 15.1. The molecule has 3 aromatic rings. The first-order valence-corrected chi connectivity index (χ1v) is 11.7. The first kappa shape index (κ1) is 22.0. The Bertz CT molecular complexity index is 1170. The highest BCUT2D eigenvalue weighted by atomic mass is 19.2. The number of hydrogen-bond acceptors (Lipinski definition) is 1. The van der Waals surface area contributed by atoms with E-state index in [1.54, 1.807) is 18.2 Å². The minimum Gasteiger partial charge on any atom is -0.368 e. The molecule has 1 unspecified atom stereocenters. The van der Waals surface area contributed by atoms with Crippen LogP contribution in [0.25, 0.3) is 17.2 Å². The number of benzene rings is 3. The summed E-state index contributed by atoms with van der Waals surface area (Å²) in [5.41, 5.74) is 3.99. The fourth-order valence-electron chi connectivity index (χ4n) is 5.10. The number of hydrogen-bond donors (Lipinski definition) is 0. The average Bonchev–Trinajstić information content (AvgIpc) is 3.68. The van der Waals surface area contributed by atoms with Gasteiger partial charge in [0.05, 0.1) is 6.61 Å². The Hall–Kier alpha value is -2.85. The summed E-state index contributed by atoms with van der Waals surface area (Å²) >= 11 is 0. The maximum Gasteiger partial charge on any atom is 0.166 e. The number of ether oxygens (including phenoxy) is 1. The van der Waals surface area contributed by atoms with Gasteiger partial charge in [0.15, 0.2) is 11.6 Å². The van der Waals surface area contributed by atoms with E-state index in [9.17, 15) is 4.39 Å². The normalized spacial score (nSPS) is 22.6. The Kier molecular flexibility index (Phi) is 6.11. The summed E-state index contributed by atoms with van der Waals surface area (Å²) in [5, 5.41) is 0. The van der Waals surface area contributed by atoms with E-state index in [-0.39, 0.29) is 29.3 Å². The molecule has 2 fully saturated rings. The van der Waals surface area contributed by atoms with E-state index in [0.717, 1.165) is 29.5 Å². The predicted molar refractivity (Wildman–Crippen MR) is 126 cm³/mol. The first-order valence-electron chi connectivity index (χ1n) is 11.7. The van der Waals surface area contributed by atoms with Crippen LogP contribution in [0.5, 0.6) is 0 Å². The van der Waals surface area contributed by atoms with E-state index in [1.807, 2.05) is 55.5 Å². The molecular weight excluding hydrogens is 421 g/mol. The molecule has 170 valence electrons. The van der Waals surface area contributed by atoms with Gasteiger partial charge in [0.1, 0.15) is 11.9 Å². The Morgan fingerprint density at radius 1 is 0.788 bits per heavy atom. The Morgan fingerprint density at radius 2 is 1.42 bits per heavy atom. The number of halogens is 3. The van der Waals surface area contributed by atoms with Gasteiger partial charge in [0, 0.05) is 5.56 Å². The zero-order chi connectivity index (χ0) is 22.9. The summed E-state index contributed by atoms with van der Waals surface area (Å²) in [6, 6.07) is 16.2. The lowest BCUT2D eigenvalue weighted by Crippen LogP contribution is -2.15. The van der Waals surface area contributed by atoms with Gasteiger partial charge in [0.2, 0.25) is 0 Å². The third-order valence-electron chi connectivity index (χ3n) is 7.03. The number of allylic oxidation sites excluding steroid dienone is 1. The van der Waals surface area contributed by atoms with Crippen LogP contribution in [0.4, 0.5) is 13.2 Å². The quantitative estimate of drug-likeness (QED) is 0.358. The lowest BCUT2D eigenvalue weighted by Gasteiger charge is -2.30. The van der Waals surface area contributed by atoms with Crippen molar-refractivity contribution in [3.63, 3.8) is 0 Å². The monoisotopic (exact) mass is 448 g/mol. The minimum absolute atomic E-state index is 0.0382. The molecule has 0 spiro atoms. The van der Waals surface area contributed by atoms with Gasteiger partial charge in [-0.05, 0) is 78.3 Å². The van der Waals surface area contributed by atoms with Gasteiger partial charge < -0.3 is 4.74 Å². The SMILES string of the molecule is C/C=C/c1ccc(-c2ccc(C3CCC(c4ccc(C5CO5)cc4F)CC3)c(F)c2F)cc1. The predicted octanol–water partition coefficient (Wildman–Crippen LogP) is 8.32. The molecule has 0 radical (unpaired) electrons. The molecule has 1 atom stereocenters. The highest BCUT2D eigenvalue weighted by molar-refractivity contribution is 5.67. The number of rotatable bonds is 5. The second kappa shape index (κ2) is 9.18. The van der Waals surface area contributed by atoms with Crippen molar-refractivity contribution in [3.8, 4) is 11.1 Å². The zero-order valence-electron chi connectivity index (χ0n) is 18.7. The minimum atomic E-state index is -0.794. The highest BCUT2D eigenvalue weighted by Gasteiger charge is 2.30.